The quantitative estimate of drug-likeness (QED) is 0.704. The summed E-state index contributed by atoms with van der Waals surface area (Å²) >= 11 is 5.84. The number of hydrogen-bond donors (Lipinski definition) is 1. The van der Waals surface area contributed by atoms with E-state index in [1.54, 1.807) is 23.0 Å². The van der Waals surface area contributed by atoms with Crippen molar-refractivity contribution in [2.45, 2.75) is 12.7 Å². The van der Waals surface area contributed by atoms with Crippen molar-refractivity contribution in [3.05, 3.63) is 82.6 Å². The van der Waals surface area contributed by atoms with Crippen LogP contribution in [0.3, 0.4) is 0 Å². The Morgan fingerprint density at radius 2 is 1.73 bits per heavy atom. The average Bonchev–Trinajstić information content (AvgIpc) is 3.03. The standard InChI is InChI=1S/C18H13ClF3N3O/c19-15-7-1-12(2-8-15)10-25-11-16(9-23-25)24-17(26)13-3-5-14(6-4-13)18(20,21)22/h1-9,11H,10H2,(H,24,26). The van der Waals surface area contributed by atoms with Gasteiger partial charge < -0.3 is 5.32 Å². The lowest BCUT2D eigenvalue weighted by molar-refractivity contribution is -0.137. The van der Waals surface area contributed by atoms with Gasteiger partial charge in [-0.25, -0.2) is 0 Å². The number of hydrogen-bond acceptors (Lipinski definition) is 2. The van der Waals surface area contributed by atoms with E-state index in [9.17, 15) is 18.0 Å². The van der Waals surface area contributed by atoms with E-state index in [1.165, 1.54) is 6.20 Å². The third-order valence-corrected chi connectivity index (χ3v) is 3.88. The first kappa shape index (κ1) is 18.0. The molecule has 4 nitrogen and oxygen atoms in total. The number of alkyl halides is 3. The van der Waals surface area contributed by atoms with Gasteiger partial charge >= 0.3 is 6.18 Å². The molecule has 3 aromatic rings. The molecular weight excluding hydrogens is 367 g/mol. The highest BCUT2D eigenvalue weighted by atomic mass is 35.5. The highest BCUT2D eigenvalue weighted by Crippen LogP contribution is 2.29. The van der Waals surface area contributed by atoms with Crippen LogP contribution in [0.2, 0.25) is 5.02 Å². The fraction of sp³-hybridized carbons (Fsp3) is 0.111. The number of nitrogens with one attached hydrogen (secondary N) is 1. The number of carbonyl (C=O) groups excluding carboxylic acids is 1. The van der Waals surface area contributed by atoms with Crippen LogP contribution in [0.1, 0.15) is 21.5 Å². The van der Waals surface area contributed by atoms with Crippen molar-refractivity contribution in [3.8, 4) is 0 Å². The van der Waals surface area contributed by atoms with Crippen molar-refractivity contribution in [1.29, 1.82) is 0 Å². The molecule has 1 N–H and O–H groups in total. The van der Waals surface area contributed by atoms with E-state index in [2.05, 4.69) is 10.4 Å². The summed E-state index contributed by atoms with van der Waals surface area (Å²) in [4.78, 5) is 12.1. The Morgan fingerprint density at radius 3 is 2.35 bits per heavy atom. The summed E-state index contributed by atoms with van der Waals surface area (Å²) in [5.74, 6) is -0.509. The number of rotatable bonds is 4. The van der Waals surface area contributed by atoms with Gasteiger partial charge in [-0.2, -0.15) is 18.3 Å². The summed E-state index contributed by atoms with van der Waals surface area (Å²) in [5, 5.41) is 7.39. The van der Waals surface area contributed by atoms with Crippen molar-refractivity contribution in [2.24, 2.45) is 0 Å². The van der Waals surface area contributed by atoms with E-state index < -0.39 is 17.6 Å². The zero-order chi connectivity index (χ0) is 18.7. The van der Waals surface area contributed by atoms with Crippen LogP contribution in [0.4, 0.5) is 18.9 Å². The van der Waals surface area contributed by atoms with Crippen molar-refractivity contribution in [3.63, 3.8) is 0 Å². The van der Waals surface area contributed by atoms with Crippen LogP contribution in [0.15, 0.2) is 60.9 Å². The van der Waals surface area contributed by atoms with Gasteiger partial charge in [0.1, 0.15) is 0 Å². The second-order valence-corrected chi connectivity index (χ2v) is 6.02. The lowest BCUT2D eigenvalue weighted by atomic mass is 10.1. The van der Waals surface area contributed by atoms with Gasteiger partial charge in [0, 0.05) is 16.8 Å². The van der Waals surface area contributed by atoms with Crippen LogP contribution in [0.25, 0.3) is 0 Å². The molecule has 0 saturated heterocycles. The highest BCUT2D eigenvalue weighted by Gasteiger charge is 2.30. The Labute approximate surface area is 152 Å². The molecule has 2 aromatic carbocycles. The lowest BCUT2D eigenvalue weighted by Crippen LogP contribution is -2.12. The summed E-state index contributed by atoms with van der Waals surface area (Å²) < 4.78 is 39.3. The second kappa shape index (κ2) is 7.21. The number of anilines is 1. The minimum absolute atomic E-state index is 0.128. The molecule has 0 atom stereocenters. The normalized spacial score (nSPS) is 11.4. The first-order chi connectivity index (χ1) is 12.3. The smallest absolute Gasteiger partial charge is 0.319 e. The van der Waals surface area contributed by atoms with Crippen molar-refractivity contribution >= 4 is 23.2 Å². The third-order valence-electron chi connectivity index (χ3n) is 3.62. The minimum atomic E-state index is -4.43. The van der Waals surface area contributed by atoms with E-state index in [0.717, 1.165) is 29.8 Å². The SMILES string of the molecule is O=C(Nc1cnn(Cc2ccc(Cl)cc2)c1)c1ccc(C(F)(F)F)cc1. The molecule has 0 aliphatic rings. The summed E-state index contributed by atoms with van der Waals surface area (Å²) in [7, 11) is 0. The van der Waals surface area contributed by atoms with Gasteiger partial charge in [-0.3, -0.25) is 9.48 Å². The highest BCUT2D eigenvalue weighted by molar-refractivity contribution is 6.30. The fourth-order valence-corrected chi connectivity index (χ4v) is 2.43. The Bertz CT molecular complexity index is 903. The van der Waals surface area contributed by atoms with E-state index in [-0.39, 0.29) is 5.56 Å². The Morgan fingerprint density at radius 1 is 1.08 bits per heavy atom. The first-order valence-electron chi connectivity index (χ1n) is 7.57. The zero-order valence-electron chi connectivity index (χ0n) is 13.3. The molecule has 8 heteroatoms. The summed E-state index contributed by atoms with van der Waals surface area (Å²) in [6.45, 7) is 0.493. The summed E-state index contributed by atoms with van der Waals surface area (Å²) in [5.41, 5.74) is 0.760. The predicted molar refractivity (Wildman–Crippen MR) is 92.2 cm³/mol. The number of aromatic nitrogens is 2. The molecule has 0 fully saturated rings. The fourth-order valence-electron chi connectivity index (χ4n) is 2.31. The largest absolute Gasteiger partial charge is 0.416 e. The van der Waals surface area contributed by atoms with Gasteiger partial charge in [0.15, 0.2) is 0 Å². The van der Waals surface area contributed by atoms with E-state index in [1.807, 2.05) is 12.1 Å². The molecule has 134 valence electrons. The number of benzene rings is 2. The van der Waals surface area contributed by atoms with Gasteiger partial charge in [0.05, 0.1) is 24.0 Å². The van der Waals surface area contributed by atoms with Gasteiger partial charge in [-0.1, -0.05) is 23.7 Å². The van der Waals surface area contributed by atoms with Crippen LogP contribution in [-0.4, -0.2) is 15.7 Å². The molecule has 3 rings (SSSR count). The molecule has 1 heterocycles. The van der Waals surface area contributed by atoms with E-state index >= 15 is 0 Å². The summed E-state index contributed by atoms with van der Waals surface area (Å²) in [6, 6.07) is 11.3. The van der Waals surface area contributed by atoms with E-state index in [0.29, 0.717) is 17.3 Å². The maximum absolute atomic E-state index is 12.6. The molecule has 0 spiro atoms. The number of halogens is 4. The van der Waals surface area contributed by atoms with Gasteiger partial charge in [0.2, 0.25) is 0 Å². The topological polar surface area (TPSA) is 46.9 Å². The molecule has 0 saturated carbocycles. The van der Waals surface area contributed by atoms with E-state index in [4.69, 9.17) is 11.6 Å². The molecule has 0 unspecified atom stereocenters. The number of amides is 1. The lowest BCUT2D eigenvalue weighted by Gasteiger charge is -2.07. The molecule has 1 aromatic heterocycles. The Kier molecular flexibility index (Phi) is 4.99. The van der Waals surface area contributed by atoms with Crippen LogP contribution in [0, 0.1) is 0 Å². The third kappa shape index (κ3) is 4.43. The van der Waals surface area contributed by atoms with Crippen molar-refractivity contribution < 1.29 is 18.0 Å². The van der Waals surface area contributed by atoms with Crippen LogP contribution >= 0.6 is 11.6 Å². The molecule has 1 amide bonds. The van der Waals surface area contributed by atoms with Crippen LogP contribution < -0.4 is 5.32 Å². The molecular formula is C18H13ClF3N3O. The van der Waals surface area contributed by atoms with Crippen molar-refractivity contribution in [1.82, 2.24) is 9.78 Å². The van der Waals surface area contributed by atoms with Crippen molar-refractivity contribution in [2.75, 3.05) is 5.32 Å². The Hall–Kier alpha value is -2.80. The maximum Gasteiger partial charge on any atom is 0.416 e. The second-order valence-electron chi connectivity index (χ2n) is 5.58. The average molecular weight is 380 g/mol. The molecule has 0 bridgehead atoms. The minimum Gasteiger partial charge on any atom is -0.319 e. The maximum atomic E-state index is 12.6. The van der Waals surface area contributed by atoms with Gasteiger partial charge in [0.25, 0.3) is 5.91 Å². The monoisotopic (exact) mass is 379 g/mol. The Balaban J connectivity index is 1.65. The number of nitrogens with zero attached hydrogens (tertiary/aromatic N) is 2. The van der Waals surface area contributed by atoms with Gasteiger partial charge in [-0.05, 0) is 42.0 Å². The van der Waals surface area contributed by atoms with Crippen LogP contribution in [0.5, 0.6) is 0 Å². The molecule has 0 aliphatic heterocycles. The van der Waals surface area contributed by atoms with Crippen LogP contribution in [-0.2, 0) is 12.7 Å². The summed E-state index contributed by atoms with van der Waals surface area (Å²) in [6.07, 6.45) is -1.33. The predicted octanol–water partition coefficient (Wildman–Crippen LogP) is 4.86. The first-order valence-corrected chi connectivity index (χ1v) is 7.94. The number of carbonyl (C=O) groups is 1. The molecule has 26 heavy (non-hydrogen) atoms. The molecule has 0 radical (unpaired) electrons. The molecule has 0 aliphatic carbocycles. The van der Waals surface area contributed by atoms with Gasteiger partial charge in [-0.15, -0.1) is 0 Å². The zero-order valence-corrected chi connectivity index (χ0v) is 14.1.